The van der Waals surface area contributed by atoms with E-state index in [1.165, 1.54) is 32.1 Å². The van der Waals surface area contributed by atoms with Crippen LogP contribution in [-0.4, -0.2) is 41.7 Å². The minimum atomic E-state index is -0.528. The van der Waals surface area contributed by atoms with Gasteiger partial charge in [0.15, 0.2) is 17.4 Å². The zero-order valence-corrected chi connectivity index (χ0v) is 18.4. The smallest absolute Gasteiger partial charge is 0.163 e. The molecule has 3 rings (SSSR count). The van der Waals surface area contributed by atoms with Gasteiger partial charge in [-0.3, -0.25) is 0 Å². The van der Waals surface area contributed by atoms with E-state index in [1.807, 2.05) is 38.1 Å². The number of nitrogens with zero attached hydrogens (tertiary/aromatic N) is 2. The molecule has 0 spiro atoms. The second-order valence-corrected chi connectivity index (χ2v) is 8.14. The molecule has 0 unspecified atom stereocenters. The molecule has 1 saturated heterocycles. The van der Waals surface area contributed by atoms with E-state index in [0.717, 1.165) is 17.7 Å². The number of hydrogen-bond donors (Lipinski definition) is 0. The van der Waals surface area contributed by atoms with Gasteiger partial charge in [-0.15, -0.1) is 0 Å². The van der Waals surface area contributed by atoms with Gasteiger partial charge in [-0.05, 0) is 44.5 Å². The van der Waals surface area contributed by atoms with Gasteiger partial charge in [-0.2, -0.15) is 0 Å². The van der Waals surface area contributed by atoms with E-state index in [4.69, 9.17) is 18.9 Å². The lowest BCUT2D eigenvalue weighted by Crippen LogP contribution is -2.25. The molecule has 30 heavy (non-hydrogen) atoms. The van der Waals surface area contributed by atoms with Gasteiger partial charge < -0.3 is 18.9 Å². The van der Waals surface area contributed by atoms with Crippen molar-refractivity contribution in [3.63, 3.8) is 0 Å². The lowest BCUT2D eigenvalue weighted by molar-refractivity contribution is -0.141. The van der Waals surface area contributed by atoms with Crippen LogP contribution in [0.4, 0.5) is 0 Å². The quantitative estimate of drug-likeness (QED) is 0.433. The highest BCUT2D eigenvalue weighted by atomic mass is 16.7. The number of unbranched alkanes of at least 4 members (excludes halogenated alkanes) is 5. The predicted octanol–water partition coefficient (Wildman–Crippen LogP) is 5.41. The van der Waals surface area contributed by atoms with Crippen molar-refractivity contribution in [1.29, 1.82) is 0 Å². The summed E-state index contributed by atoms with van der Waals surface area (Å²) in [4.78, 5) is 8.86. The number of rotatable bonds is 12. The number of benzene rings is 1. The van der Waals surface area contributed by atoms with Crippen molar-refractivity contribution in [3.05, 3.63) is 36.7 Å². The highest BCUT2D eigenvalue weighted by Gasteiger charge is 2.32. The third-order valence-corrected chi connectivity index (χ3v) is 5.01. The van der Waals surface area contributed by atoms with Crippen LogP contribution in [0.2, 0.25) is 0 Å². The molecule has 2 aromatic rings. The molecule has 0 aliphatic carbocycles. The van der Waals surface area contributed by atoms with Crippen molar-refractivity contribution >= 4 is 0 Å². The van der Waals surface area contributed by atoms with E-state index in [2.05, 4.69) is 16.9 Å². The van der Waals surface area contributed by atoms with Crippen LogP contribution in [0.5, 0.6) is 11.5 Å². The SMILES string of the molecule is CCCCCCCCOc1cnc(-c2ccc(OC[C@H]3COC(C)(C)O3)cc2)nc1. The van der Waals surface area contributed by atoms with Gasteiger partial charge in [0.2, 0.25) is 0 Å². The van der Waals surface area contributed by atoms with Crippen LogP contribution in [0.1, 0.15) is 59.3 Å². The third-order valence-electron chi connectivity index (χ3n) is 5.01. The van der Waals surface area contributed by atoms with E-state index in [1.54, 1.807) is 12.4 Å². The molecule has 1 atom stereocenters. The lowest BCUT2D eigenvalue weighted by Gasteiger charge is -2.17. The Morgan fingerprint density at radius 3 is 2.30 bits per heavy atom. The van der Waals surface area contributed by atoms with Crippen LogP contribution < -0.4 is 9.47 Å². The Morgan fingerprint density at radius 1 is 0.933 bits per heavy atom. The van der Waals surface area contributed by atoms with Gasteiger partial charge in [0, 0.05) is 5.56 Å². The Kier molecular flexibility index (Phi) is 8.46. The molecule has 1 fully saturated rings. The normalized spacial score (nSPS) is 17.8. The van der Waals surface area contributed by atoms with Crippen LogP contribution in [-0.2, 0) is 9.47 Å². The molecule has 164 valence electrons. The van der Waals surface area contributed by atoms with E-state index < -0.39 is 5.79 Å². The van der Waals surface area contributed by atoms with Crippen molar-refractivity contribution in [2.75, 3.05) is 19.8 Å². The summed E-state index contributed by atoms with van der Waals surface area (Å²) in [5, 5.41) is 0. The molecule has 1 aliphatic rings. The zero-order chi connectivity index (χ0) is 21.2. The monoisotopic (exact) mass is 414 g/mol. The molecule has 1 aromatic carbocycles. The molecule has 1 aliphatic heterocycles. The van der Waals surface area contributed by atoms with Gasteiger partial charge in [-0.1, -0.05) is 39.0 Å². The maximum atomic E-state index is 5.81. The Balaban J connectivity index is 1.40. The fourth-order valence-corrected chi connectivity index (χ4v) is 3.35. The molecule has 1 aromatic heterocycles. The fourth-order valence-electron chi connectivity index (χ4n) is 3.35. The first-order valence-electron chi connectivity index (χ1n) is 11.1. The summed E-state index contributed by atoms with van der Waals surface area (Å²) >= 11 is 0. The Hall–Kier alpha value is -2.18. The first-order valence-corrected chi connectivity index (χ1v) is 11.1. The molecule has 0 amide bonds. The van der Waals surface area contributed by atoms with Gasteiger partial charge in [-0.25, -0.2) is 9.97 Å². The molecule has 0 N–H and O–H groups in total. The minimum Gasteiger partial charge on any atom is -0.491 e. The van der Waals surface area contributed by atoms with Crippen LogP contribution in [0.15, 0.2) is 36.7 Å². The number of hydrogen-bond acceptors (Lipinski definition) is 6. The fraction of sp³-hybridized carbons (Fsp3) is 0.583. The number of ether oxygens (including phenoxy) is 4. The zero-order valence-electron chi connectivity index (χ0n) is 18.4. The Labute approximate surface area is 179 Å². The summed E-state index contributed by atoms with van der Waals surface area (Å²) in [5.41, 5.74) is 0.936. The largest absolute Gasteiger partial charge is 0.491 e. The second kappa shape index (κ2) is 11.3. The van der Waals surface area contributed by atoms with Crippen molar-refractivity contribution < 1.29 is 18.9 Å². The molecule has 0 saturated carbocycles. The Morgan fingerprint density at radius 2 is 1.63 bits per heavy atom. The lowest BCUT2D eigenvalue weighted by atomic mass is 10.1. The molecular weight excluding hydrogens is 380 g/mol. The summed E-state index contributed by atoms with van der Waals surface area (Å²) in [6.07, 6.45) is 10.9. The van der Waals surface area contributed by atoms with Crippen molar-refractivity contribution in [2.45, 2.75) is 71.2 Å². The average molecular weight is 415 g/mol. The van der Waals surface area contributed by atoms with Crippen molar-refractivity contribution in [1.82, 2.24) is 9.97 Å². The van der Waals surface area contributed by atoms with E-state index in [-0.39, 0.29) is 6.10 Å². The van der Waals surface area contributed by atoms with Gasteiger partial charge in [0.05, 0.1) is 25.6 Å². The summed E-state index contributed by atoms with van der Waals surface area (Å²) < 4.78 is 22.9. The summed E-state index contributed by atoms with van der Waals surface area (Å²) in [7, 11) is 0. The maximum absolute atomic E-state index is 5.81. The van der Waals surface area contributed by atoms with Gasteiger partial charge in [0.25, 0.3) is 0 Å². The van der Waals surface area contributed by atoms with Crippen LogP contribution in [0, 0.1) is 0 Å². The first-order chi connectivity index (χ1) is 14.6. The predicted molar refractivity (Wildman–Crippen MR) is 117 cm³/mol. The highest BCUT2D eigenvalue weighted by molar-refractivity contribution is 5.56. The summed E-state index contributed by atoms with van der Waals surface area (Å²) in [6.45, 7) is 7.78. The Bertz CT molecular complexity index is 747. The van der Waals surface area contributed by atoms with E-state index in [0.29, 0.717) is 31.4 Å². The minimum absolute atomic E-state index is 0.0492. The molecule has 0 bridgehead atoms. The van der Waals surface area contributed by atoms with Crippen LogP contribution >= 0.6 is 0 Å². The molecular formula is C24H34N2O4. The second-order valence-electron chi connectivity index (χ2n) is 8.14. The van der Waals surface area contributed by atoms with Crippen molar-refractivity contribution in [2.24, 2.45) is 0 Å². The van der Waals surface area contributed by atoms with Gasteiger partial charge >= 0.3 is 0 Å². The highest BCUT2D eigenvalue weighted by Crippen LogP contribution is 2.24. The van der Waals surface area contributed by atoms with Gasteiger partial charge in [0.1, 0.15) is 18.5 Å². The van der Waals surface area contributed by atoms with Crippen LogP contribution in [0.3, 0.4) is 0 Å². The van der Waals surface area contributed by atoms with Crippen LogP contribution in [0.25, 0.3) is 11.4 Å². The summed E-state index contributed by atoms with van der Waals surface area (Å²) in [5.74, 6) is 1.64. The number of aromatic nitrogens is 2. The standard InChI is InChI=1S/C24H34N2O4/c1-4-5-6-7-8-9-14-27-21-15-25-23(26-16-21)19-10-12-20(13-11-19)28-17-22-18-29-24(2,3)30-22/h10-13,15-16,22H,4-9,14,17-18H2,1-3H3/t22-/m0/s1. The first kappa shape index (κ1) is 22.5. The third kappa shape index (κ3) is 7.26. The molecule has 6 nitrogen and oxygen atoms in total. The van der Waals surface area contributed by atoms with E-state index in [9.17, 15) is 0 Å². The van der Waals surface area contributed by atoms with E-state index >= 15 is 0 Å². The average Bonchev–Trinajstić information content (AvgIpc) is 3.11. The topological polar surface area (TPSA) is 62.7 Å². The molecule has 0 radical (unpaired) electrons. The summed E-state index contributed by atoms with van der Waals surface area (Å²) in [6, 6.07) is 7.75. The molecule has 2 heterocycles. The van der Waals surface area contributed by atoms with Crippen molar-refractivity contribution in [3.8, 4) is 22.9 Å². The molecule has 6 heteroatoms. The maximum Gasteiger partial charge on any atom is 0.163 e.